The normalized spacial score (nSPS) is 25.2. The van der Waals surface area contributed by atoms with Crippen molar-refractivity contribution in [1.82, 2.24) is 0 Å². The number of aliphatic carboxylic acids is 1. The van der Waals surface area contributed by atoms with E-state index in [4.69, 9.17) is 5.73 Å². The van der Waals surface area contributed by atoms with E-state index in [1.165, 1.54) is 23.5 Å². The van der Waals surface area contributed by atoms with Crippen molar-refractivity contribution in [2.45, 2.75) is 26.2 Å². The summed E-state index contributed by atoms with van der Waals surface area (Å²) in [5.41, 5.74) is 6.96. The van der Waals surface area contributed by atoms with E-state index >= 15 is 0 Å². The Kier molecular flexibility index (Phi) is 4.90. The van der Waals surface area contributed by atoms with Crippen LogP contribution >= 0.6 is 11.3 Å². The predicted octanol–water partition coefficient (Wildman–Crippen LogP) is 3.65. The molecule has 4 atom stereocenters. The van der Waals surface area contributed by atoms with Crippen molar-refractivity contribution in [3.8, 4) is 11.1 Å². The first kappa shape index (κ1) is 19.6. The highest BCUT2D eigenvalue weighted by Gasteiger charge is 2.54. The maximum absolute atomic E-state index is 13.3. The van der Waals surface area contributed by atoms with Crippen molar-refractivity contribution < 1.29 is 23.9 Å². The summed E-state index contributed by atoms with van der Waals surface area (Å²) in [4.78, 5) is 37.7. The van der Waals surface area contributed by atoms with Gasteiger partial charge in [0.25, 0.3) is 5.91 Å². The number of benzene rings is 1. The van der Waals surface area contributed by atoms with E-state index in [-0.39, 0.29) is 23.3 Å². The molecule has 8 heteroatoms. The number of carboxylic acids is 1. The van der Waals surface area contributed by atoms with Crippen LogP contribution in [0.25, 0.3) is 11.1 Å². The Labute approximate surface area is 170 Å². The van der Waals surface area contributed by atoms with Crippen LogP contribution in [-0.4, -0.2) is 22.9 Å². The Hall–Kier alpha value is -2.74. The van der Waals surface area contributed by atoms with Crippen LogP contribution < -0.4 is 11.1 Å². The molecule has 2 aromatic rings. The van der Waals surface area contributed by atoms with Gasteiger partial charge in [-0.2, -0.15) is 0 Å². The van der Waals surface area contributed by atoms with Crippen LogP contribution in [0.15, 0.2) is 24.3 Å². The number of hydrogen-bond donors (Lipinski definition) is 3. The number of nitrogens with one attached hydrogen (secondary N) is 1. The minimum atomic E-state index is -0.943. The van der Waals surface area contributed by atoms with Crippen LogP contribution in [0.5, 0.6) is 0 Å². The first-order valence-electron chi connectivity index (χ1n) is 9.50. The molecule has 1 aromatic heterocycles. The second-order valence-corrected chi connectivity index (χ2v) is 9.05. The highest BCUT2D eigenvalue weighted by molar-refractivity contribution is 7.17. The van der Waals surface area contributed by atoms with Crippen molar-refractivity contribution in [1.29, 1.82) is 0 Å². The monoisotopic (exact) mass is 416 g/mol. The van der Waals surface area contributed by atoms with Gasteiger partial charge in [0.05, 0.1) is 17.4 Å². The number of carboxylic acid groups (broad SMARTS) is 1. The van der Waals surface area contributed by atoms with E-state index in [1.807, 2.05) is 0 Å². The van der Waals surface area contributed by atoms with Crippen molar-refractivity contribution in [3.05, 3.63) is 40.5 Å². The molecule has 0 spiro atoms. The van der Waals surface area contributed by atoms with Gasteiger partial charge in [0.15, 0.2) is 0 Å². The number of anilines is 1. The van der Waals surface area contributed by atoms with Gasteiger partial charge in [0.1, 0.15) is 10.8 Å². The molecule has 4 rings (SSSR count). The van der Waals surface area contributed by atoms with E-state index < -0.39 is 29.5 Å². The number of hydrogen-bond acceptors (Lipinski definition) is 4. The molecule has 0 radical (unpaired) electrons. The Morgan fingerprint density at radius 3 is 2.34 bits per heavy atom. The van der Waals surface area contributed by atoms with Gasteiger partial charge in [-0.3, -0.25) is 14.4 Å². The van der Waals surface area contributed by atoms with E-state index in [1.54, 1.807) is 19.1 Å². The van der Waals surface area contributed by atoms with Crippen molar-refractivity contribution in [2.24, 2.45) is 29.4 Å². The number of aryl methyl sites for hydroxylation is 1. The Morgan fingerprint density at radius 2 is 1.76 bits per heavy atom. The smallest absolute Gasteiger partial charge is 0.307 e. The topological polar surface area (TPSA) is 109 Å². The third-order valence-electron chi connectivity index (χ3n) is 6.20. The van der Waals surface area contributed by atoms with Crippen LogP contribution in [0.4, 0.5) is 9.39 Å². The predicted molar refractivity (Wildman–Crippen MR) is 107 cm³/mol. The minimum Gasteiger partial charge on any atom is -0.481 e. The van der Waals surface area contributed by atoms with Gasteiger partial charge in [-0.1, -0.05) is 12.1 Å². The maximum atomic E-state index is 13.3. The number of nitrogens with two attached hydrogens (primary N) is 1. The van der Waals surface area contributed by atoms with Gasteiger partial charge < -0.3 is 16.2 Å². The highest BCUT2D eigenvalue weighted by Crippen LogP contribution is 2.53. The van der Waals surface area contributed by atoms with Gasteiger partial charge >= 0.3 is 5.97 Å². The molecule has 4 N–H and O–H groups in total. The molecule has 6 nitrogen and oxygen atoms in total. The van der Waals surface area contributed by atoms with Crippen molar-refractivity contribution in [2.75, 3.05) is 5.32 Å². The maximum Gasteiger partial charge on any atom is 0.307 e. The zero-order valence-corrected chi connectivity index (χ0v) is 16.6. The molecule has 1 heterocycles. The summed E-state index contributed by atoms with van der Waals surface area (Å²) in [6.45, 7) is 1.79. The summed E-state index contributed by atoms with van der Waals surface area (Å²) in [7, 11) is 0. The third-order valence-corrected chi connectivity index (χ3v) is 7.23. The standard InChI is InChI=1S/C21H21FN2O4S/c1-9-14(10-4-6-13(22)7-5-10)17(18(23)25)20(29-9)24-19(26)15-11-2-3-12(8-11)16(15)21(27)28/h4-7,11-12,15-16H,2-3,8H2,1H3,(H2,23,25)(H,24,26)(H,27,28)/t11-,12-,15+,16+/m0/s1. The van der Waals surface area contributed by atoms with Crippen LogP contribution in [0, 0.1) is 36.4 Å². The largest absolute Gasteiger partial charge is 0.481 e. The number of primary amides is 1. The second kappa shape index (κ2) is 7.26. The summed E-state index contributed by atoms with van der Waals surface area (Å²) in [5, 5.41) is 12.7. The van der Waals surface area contributed by atoms with E-state index in [0.717, 1.165) is 24.1 Å². The summed E-state index contributed by atoms with van der Waals surface area (Å²) >= 11 is 1.21. The summed E-state index contributed by atoms with van der Waals surface area (Å²) in [6.07, 6.45) is 2.44. The zero-order chi connectivity index (χ0) is 20.9. The number of fused-ring (bicyclic) bond motifs is 2. The molecule has 2 aliphatic rings. The fourth-order valence-corrected chi connectivity index (χ4v) is 6.14. The van der Waals surface area contributed by atoms with E-state index in [0.29, 0.717) is 16.1 Å². The van der Waals surface area contributed by atoms with Gasteiger partial charge in [0.2, 0.25) is 5.91 Å². The fourth-order valence-electron chi connectivity index (χ4n) is 5.05. The first-order chi connectivity index (χ1) is 13.8. The first-order valence-corrected chi connectivity index (χ1v) is 10.3. The molecule has 2 aliphatic carbocycles. The molecule has 2 bridgehead atoms. The summed E-state index contributed by atoms with van der Waals surface area (Å²) in [5.74, 6) is -3.63. The number of amides is 2. The molecule has 0 unspecified atom stereocenters. The SMILES string of the molecule is Cc1sc(NC(=O)[C@@H]2[C@H]3CC[C@@H](C3)[C@H]2C(=O)O)c(C(N)=O)c1-c1ccc(F)cc1. The van der Waals surface area contributed by atoms with Gasteiger partial charge in [-0.05, 0) is 55.7 Å². The average Bonchev–Trinajstić information content (AvgIpc) is 3.35. The molecule has 29 heavy (non-hydrogen) atoms. The molecule has 0 aliphatic heterocycles. The molecule has 2 fully saturated rings. The molecular weight excluding hydrogens is 395 g/mol. The minimum absolute atomic E-state index is 0.0312. The summed E-state index contributed by atoms with van der Waals surface area (Å²) in [6, 6.07) is 5.70. The quantitative estimate of drug-likeness (QED) is 0.691. The molecule has 2 saturated carbocycles. The molecular formula is C21H21FN2O4S. The van der Waals surface area contributed by atoms with Gasteiger partial charge in [-0.25, -0.2) is 4.39 Å². The molecule has 0 saturated heterocycles. The van der Waals surface area contributed by atoms with Gasteiger partial charge in [0, 0.05) is 10.4 Å². The lowest BCUT2D eigenvalue weighted by Crippen LogP contribution is -2.38. The third kappa shape index (κ3) is 3.31. The van der Waals surface area contributed by atoms with E-state index in [2.05, 4.69) is 5.32 Å². The lowest BCUT2D eigenvalue weighted by Gasteiger charge is -2.26. The van der Waals surface area contributed by atoms with Crippen molar-refractivity contribution in [3.63, 3.8) is 0 Å². The van der Waals surface area contributed by atoms with E-state index in [9.17, 15) is 23.9 Å². The van der Waals surface area contributed by atoms with Gasteiger partial charge in [-0.15, -0.1) is 11.3 Å². The van der Waals surface area contributed by atoms with Crippen LogP contribution in [-0.2, 0) is 9.59 Å². The van der Waals surface area contributed by atoms with Crippen LogP contribution in [0.2, 0.25) is 0 Å². The lowest BCUT2D eigenvalue weighted by molar-refractivity contribution is -0.148. The number of thiophene rings is 1. The Balaban J connectivity index is 1.68. The number of carbonyl (C=O) groups is 3. The average molecular weight is 416 g/mol. The molecule has 152 valence electrons. The van der Waals surface area contributed by atoms with Crippen LogP contribution in [0.1, 0.15) is 34.5 Å². The summed E-state index contributed by atoms with van der Waals surface area (Å²) < 4.78 is 13.3. The second-order valence-electron chi connectivity index (χ2n) is 7.82. The fraction of sp³-hybridized carbons (Fsp3) is 0.381. The zero-order valence-electron chi connectivity index (χ0n) is 15.8. The molecule has 2 amide bonds. The van der Waals surface area contributed by atoms with Crippen LogP contribution in [0.3, 0.4) is 0 Å². The number of carbonyl (C=O) groups excluding carboxylic acids is 2. The Morgan fingerprint density at radius 1 is 1.14 bits per heavy atom. The van der Waals surface area contributed by atoms with Crippen molar-refractivity contribution >= 4 is 34.1 Å². The number of halogens is 1. The molecule has 1 aromatic carbocycles. The number of rotatable bonds is 5. The highest BCUT2D eigenvalue weighted by atomic mass is 32.1. The lowest BCUT2D eigenvalue weighted by atomic mass is 9.78. The Bertz CT molecular complexity index is 1000.